The Bertz CT molecular complexity index is 479. The highest BCUT2D eigenvalue weighted by molar-refractivity contribution is 5.37. The number of rotatable bonds is 3. The zero-order valence-electron chi connectivity index (χ0n) is 12.6. The minimum atomic E-state index is -0.0720. The summed E-state index contributed by atoms with van der Waals surface area (Å²) < 4.78 is 6.10. The molecule has 2 aliphatic heterocycles. The molecule has 1 aromatic carbocycles. The quantitative estimate of drug-likeness (QED) is 0.927. The summed E-state index contributed by atoms with van der Waals surface area (Å²) in [6.07, 6.45) is 7.18. The second-order valence-electron chi connectivity index (χ2n) is 6.92. The predicted octanol–water partition coefficient (Wildman–Crippen LogP) is 2.62. The first-order chi connectivity index (χ1) is 10.3. The maximum absolute atomic E-state index is 10.2. The Morgan fingerprint density at radius 2 is 2.05 bits per heavy atom. The standard InChI is InChI=1S/C18H25NO2/c20-17-8-3-6-15(17)16-7-4-10-19(16)12-14-11-13-5-1-2-9-18(13)21-14/h1-2,5,9,14-17,20H,3-4,6-8,10-12H2. The predicted molar refractivity (Wildman–Crippen MR) is 82.5 cm³/mol. The van der Waals surface area contributed by atoms with Crippen molar-refractivity contribution in [2.75, 3.05) is 13.1 Å². The summed E-state index contributed by atoms with van der Waals surface area (Å²) in [5, 5.41) is 10.2. The van der Waals surface area contributed by atoms with E-state index in [-0.39, 0.29) is 6.10 Å². The Morgan fingerprint density at radius 1 is 1.14 bits per heavy atom. The third-order valence-corrected chi connectivity index (χ3v) is 5.59. The van der Waals surface area contributed by atoms with Crippen molar-refractivity contribution >= 4 is 0 Å². The van der Waals surface area contributed by atoms with Gasteiger partial charge in [0.2, 0.25) is 0 Å². The van der Waals surface area contributed by atoms with Crippen molar-refractivity contribution in [2.45, 2.75) is 56.8 Å². The lowest BCUT2D eigenvalue weighted by Crippen LogP contribution is -2.43. The van der Waals surface area contributed by atoms with Gasteiger partial charge in [-0.3, -0.25) is 4.90 Å². The van der Waals surface area contributed by atoms with Gasteiger partial charge < -0.3 is 9.84 Å². The van der Waals surface area contributed by atoms with Gasteiger partial charge in [-0.15, -0.1) is 0 Å². The van der Waals surface area contributed by atoms with E-state index in [1.807, 2.05) is 0 Å². The fourth-order valence-corrected chi connectivity index (χ4v) is 4.60. The smallest absolute Gasteiger partial charge is 0.123 e. The van der Waals surface area contributed by atoms with Crippen molar-refractivity contribution < 1.29 is 9.84 Å². The van der Waals surface area contributed by atoms with E-state index in [1.54, 1.807) is 0 Å². The van der Waals surface area contributed by atoms with Crippen LogP contribution in [0.4, 0.5) is 0 Å². The lowest BCUT2D eigenvalue weighted by atomic mass is 9.94. The summed E-state index contributed by atoms with van der Waals surface area (Å²) in [5.41, 5.74) is 1.35. The van der Waals surface area contributed by atoms with Gasteiger partial charge in [0.25, 0.3) is 0 Å². The third kappa shape index (κ3) is 2.58. The lowest BCUT2D eigenvalue weighted by molar-refractivity contribution is 0.0581. The van der Waals surface area contributed by atoms with Crippen LogP contribution in [0.15, 0.2) is 24.3 Å². The van der Waals surface area contributed by atoms with Crippen LogP contribution in [-0.4, -0.2) is 41.3 Å². The summed E-state index contributed by atoms with van der Waals surface area (Å²) in [6, 6.07) is 8.98. The molecule has 0 amide bonds. The Hall–Kier alpha value is -1.06. The van der Waals surface area contributed by atoms with Crippen LogP contribution in [0.2, 0.25) is 0 Å². The van der Waals surface area contributed by atoms with E-state index < -0.39 is 0 Å². The van der Waals surface area contributed by atoms with Gasteiger partial charge in [0, 0.05) is 24.9 Å². The lowest BCUT2D eigenvalue weighted by Gasteiger charge is -2.32. The molecule has 0 aromatic heterocycles. The van der Waals surface area contributed by atoms with E-state index in [1.165, 1.54) is 37.8 Å². The van der Waals surface area contributed by atoms with E-state index in [2.05, 4.69) is 29.2 Å². The molecule has 4 atom stereocenters. The third-order valence-electron chi connectivity index (χ3n) is 5.59. The zero-order valence-corrected chi connectivity index (χ0v) is 12.6. The van der Waals surface area contributed by atoms with Gasteiger partial charge in [0.1, 0.15) is 11.9 Å². The average Bonchev–Trinajstić information content (AvgIpc) is 3.17. The minimum Gasteiger partial charge on any atom is -0.488 e. The molecular weight excluding hydrogens is 262 g/mol. The topological polar surface area (TPSA) is 32.7 Å². The van der Waals surface area contributed by atoms with Crippen LogP contribution < -0.4 is 4.74 Å². The highest BCUT2D eigenvalue weighted by Crippen LogP contribution is 2.37. The number of nitrogens with zero attached hydrogens (tertiary/aromatic N) is 1. The number of aliphatic hydroxyl groups is 1. The van der Waals surface area contributed by atoms with Crippen LogP contribution in [-0.2, 0) is 6.42 Å². The number of likely N-dealkylation sites (tertiary alicyclic amines) is 1. The molecule has 1 aromatic rings. The highest BCUT2D eigenvalue weighted by atomic mass is 16.5. The maximum Gasteiger partial charge on any atom is 0.123 e. The maximum atomic E-state index is 10.2. The van der Waals surface area contributed by atoms with Gasteiger partial charge in [0.15, 0.2) is 0 Å². The Labute approximate surface area is 126 Å². The fraction of sp³-hybridized carbons (Fsp3) is 0.667. The molecular formula is C18H25NO2. The van der Waals surface area contributed by atoms with Crippen molar-refractivity contribution in [3.63, 3.8) is 0 Å². The van der Waals surface area contributed by atoms with Crippen LogP contribution in [0.25, 0.3) is 0 Å². The largest absolute Gasteiger partial charge is 0.488 e. The van der Waals surface area contributed by atoms with Gasteiger partial charge in [-0.05, 0) is 43.9 Å². The monoisotopic (exact) mass is 287 g/mol. The normalized spacial score (nSPS) is 35.9. The fourth-order valence-electron chi connectivity index (χ4n) is 4.60. The molecule has 4 unspecified atom stereocenters. The molecule has 0 radical (unpaired) electrons. The van der Waals surface area contributed by atoms with Gasteiger partial charge in [-0.2, -0.15) is 0 Å². The SMILES string of the molecule is OC1CCCC1C1CCCN1CC1Cc2ccccc2O1. The second kappa shape index (κ2) is 5.62. The van der Waals surface area contributed by atoms with Crippen molar-refractivity contribution in [1.29, 1.82) is 0 Å². The van der Waals surface area contributed by atoms with Crippen molar-refractivity contribution in [3.8, 4) is 5.75 Å². The molecule has 114 valence electrons. The first-order valence-electron chi connectivity index (χ1n) is 8.48. The molecule has 21 heavy (non-hydrogen) atoms. The van der Waals surface area contributed by atoms with Crippen LogP contribution in [0.3, 0.4) is 0 Å². The Balaban J connectivity index is 1.41. The summed E-state index contributed by atoms with van der Waals surface area (Å²) in [4.78, 5) is 2.59. The van der Waals surface area contributed by atoms with Crippen LogP contribution in [0, 0.1) is 5.92 Å². The minimum absolute atomic E-state index is 0.0720. The average molecular weight is 287 g/mol. The highest BCUT2D eigenvalue weighted by Gasteiger charge is 2.39. The van der Waals surface area contributed by atoms with Crippen molar-refractivity contribution in [3.05, 3.63) is 29.8 Å². The van der Waals surface area contributed by atoms with E-state index in [4.69, 9.17) is 4.74 Å². The van der Waals surface area contributed by atoms with E-state index in [9.17, 15) is 5.11 Å². The van der Waals surface area contributed by atoms with E-state index >= 15 is 0 Å². The number of ether oxygens (including phenoxy) is 1. The van der Waals surface area contributed by atoms with Crippen LogP contribution in [0.1, 0.15) is 37.7 Å². The van der Waals surface area contributed by atoms with Crippen molar-refractivity contribution in [2.24, 2.45) is 5.92 Å². The first kappa shape index (κ1) is 13.6. The molecule has 2 fully saturated rings. The molecule has 3 heteroatoms. The van der Waals surface area contributed by atoms with Gasteiger partial charge in [-0.25, -0.2) is 0 Å². The summed E-state index contributed by atoms with van der Waals surface area (Å²) in [5.74, 6) is 1.57. The van der Waals surface area contributed by atoms with Gasteiger partial charge in [0.05, 0.1) is 6.10 Å². The molecule has 1 N–H and O–H groups in total. The molecule has 0 bridgehead atoms. The molecule has 0 spiro atoms. The van der Waals surface area contributed by atoms with Crippen LogP contribution in [0.5, 0.6) is 5.75 Å². The molecule has 3 aliphatic rings. The van der Waals surface area contributed by atoms with Gasteiger partial charge >= 0.3 is 0 Å². The summed E-state index contributed by atoms with van der Waals surface area (Å²) in [7, 11) is 0. The number of benzene rings is 1. The molecule has 1 saturated heterocycles. The van der Waals surface area contributed by atoms with Gasteiger partial charge in [-0.1, -0.05) is 24.6 Å². The van der Waals surface area contributed by atoms with Crippen LogP contribution >= 0.6 is 0 Å². The molecule has 4 rings (SSSR count). The summed E-state index contributed by atoms with van der Waals surface area (Å²) >= 11 is 0. The molecule has 2 heterocycles. The molecule has 1 saturated carbocycles. The number of fused-ring (bicyclic) bond motifs is 1. The molecule has 1 aliphatic carbocycles. The number of para-hydroxylation sites is 1. The van der Waals surface area contributed by atoms with Crippen molar-refractivity contribution in [1.82, 2.24) is 4.90 Å². The Kier molecular flexibility index (Phi) is 3.64. The first-order valence-corrected chi connectivity index (χ1v) is 8.48. The number of hydrogen-bond acceptors (Lipinski definition) is 3. The van der Waals surface area contributed by atoms with E-state index in [0.717, 1.165) is 25.1 Å². The number of hydrogen-bond donors (Lipinski definition) is 1. The summed E-state index contributed by atoms with van der Waals surface area (Å²) in [6.45, 7) is 2.19. The van der Waals surface area contributed by atoms with E-state index in [0.29, 0.717) is 18.1 Å². The Morgan fingerprint density at radius 3 is 2.86 bits per heavy atom. The zero-order chi connectivity index (χ0) is 14.2. The number of aliphatic hydroxyl groups excluding tert-OH is 1. The molecule has 3 nitrogen and oxygen atoms in total. The second-order valence-corrected chi connectivity index (χ2v) is 6.92.